The first-order chi connectivity index (χ1) is 37.6. The molecule has 0 saturated heterocycles. The minimum Gasteiger partial charge on any atom is -0.508 e. The van der Waals surface area contributed by atoms with Crippen LogP contribution in [0.25, 0.3) is 0 Å². The van der Waals surface area contributed by atoms with Crippen LogP contribution in [-0.2, 0) is 23.0 Å². The number of hydrogen-bond acceptors (Lipinski definition) is 8. The summed E-state index contributed by atoms with van der Waals surface area (Å²) in [6, 6.07) is 56.1. The number of aromatic hydroxyl groups is 2. The lowest BCUT2D eigenvalue weighted by Crippen LogP contribution is -2.31. The van der Waals surface area contributed by atoms with Crippen molar-refractivity contribution in [2.45, 2.75) is 107 Å². The molecule has 404 valence electrons. The highest BCUT2D eigenvalue weighted by molar-refractivity contribution is 7.85. The summed E-state index contributed by atoms with van der Waals surface area (Å²) in [7, 11) is -3.40. The molecule has 0 aliphatic rings. The van der Waals surface area contributed by atoms with Gasteiger partial charge in [0.1, 0.15) is 69.7 Å². The van der Waals surface area contributed by atoms with Crippen LogP contribution in [0.5, 0.6) is 57.5 Å². The van der Waals surface area contributed by atoms with E-state index in [9.17, 15) is 10.2 Å². The molecule has 8 nitrogen and oxygen atoms in total. The SMILES string of the molecule is Cc1cc(Oc2c(C)cc(C(C)(C)c3cc(C)c(Oc4cc(C)c(OC(C)(C)Cc5ccc(Oc6ccc(COc7ccc(O)cc7P(=O)(c7ccccc7)c7ccccc7)cc6)cc5)c(C)c4)c(C)c3)cc2C)cc(C)c1O. The van der Waals surface area contributed by atoms with Crippen LogP contribution in [0.4, 0.5) is 0 Å². The molecule has 79 heavy (non-hydrogen) atoms. The Labute approximate surface area is 466 Å². The van der Waals surface area contributed by atoms with Crippen LogP contribution in [0.1, 0.15) is 94.5 Å². The zero-order chi connectivity index (χ0) is 56.4. The number of phenols is 2. The van der Waals surface area contributed by atoms with Gasteiger partial charge in [0.25, 0.3) is 0 Å². The molecule has 0 saturated carbocycles. The molecule has 0 spiro atoms. The van der Waals surface area contributed by atoms with Crippen molar-refractivity contribution in [1.29, 1.82) is 0 Å². The summed E-state index contributed by atoms with van der Waals surface area (Å²) in [5.41, 5.74) is 11.4. The van der Waals surface area contributed by atoms with E-state index in [0.29, 0.717) is 51.1 Å². The first-order valence-corrected chi connectivity index (χ1v) is 28.5. The van der Waals surface area contributed by atoms with Gasteiger partial charge in [-0.15, -0.1) is 0 Å². The Bertz CT molecular complexity index is 3580. The Morgan fingerprint density at radius 2 is 0.848 bits per heavy atom. The van der Waals surface area contributed by atoms with Crippen molar-refractivity contribution in [2.24, 2.45) is 0 Å². The lowest BCUT2D eigenvalue weighted by molar-refractivity contribution is 0.108. The predicted molar refractivity (Wildman–Crippen MR) is 321 cm³/mol. The third kappa shape index (κ3) is 12.3. The van der Waals surface area contributed by atoms with Crippen LogP contribution >= 0.6 is 7.14 Å². The summed E-state index contributed by atoms with van der Waals surface area (Å²) in [5, 5.41) is 22.6. The second-order valence-electron chi connectivity index (χ2n) is 22.1. The Morgan fingerprint density at radius 1 is 0.430 bits per heavy atom. The van der Waals surface area contributed by atoms with Gasteiger partial charge in [0, 0.05) is 22.4 Å². The van der Waals surface area contributed by atoms with Crippen molar-refractivity contribution in [2.75, 3.05) is 0 Å². The largest absolute Gasteiger partial charge is 0.508 e. The quantitative estimate of drug-likeness (QED) is 0.0819. The van der Waals surface area contributed by atoms with Crippen molar-refractivity contribution in [1.82, 2.24) is 0 Å². The Hall–Kier alpha value is -8.19. The maximum Gasteiger partial charge on any atom is 0.174 e. The van der Waals surface area contributed by atoms with E-state index in [1.54, 1.807) is 18.2 Å². The minimum atomic E-state index is -3.40. The number of hydrogen-bond donors (Lipinski definition) is 2. The molecule has 0 bridgehead atoms. The molecule has 0 unspecified atom stereocenters. The highest BCUT2D eigenvalue weighted by atomic mass is 31.2. The first kappa shape index (κ1) is 55.6. The molecule has 9 aromatic carbocycles. The summed E-state index contributed by atoms with van der Waals surface area (Å²) in [4.78, 5) is 0. The average molecular weight is 1070 g/mol. The average Bonchev–Trinajstić information content (AvgIpc) is 3.52. The Balaban J connectivity index is 0.811. The van der Waals surface area contributed by atoms with Gasteiger partial charge in [0.2, 0.25) is 0 Å². The van der Waals surface area contributed by atoms with E-state index in [1.165, 1.54) is 11.1 Å². The lowest BCUT2D eigenvalue weighted by Gasteiger charge is -2.30. The second-order valence-corrected chi connectivity index (χ2v) is 24.9. The molecule has 0 amide bonds. The van der Waals surface area contributed by atoms with Crippen molar-refractivity contribution >= 4 is 23.1 Å². The summed E-state index contributed by atoms with van der Waals surface area (Å²) in [5.74, 6) is 6.13. The zero-order valence-corrected chi connectivity index (χ0v) is 48.3. The number of benzene rings is 9. The van der Waals surface area contributed by atoms with Gasteiger partial charge in [-0.3, -0.25) is 0 Å². The molecule has 0 heterocycles. The Morgan fingerprint density at radius 3 is 1.30 bits per heavy atom. The fourth-order valence-corrected chi connectivity index (χ4v) is 13.3. The fraction of sp³-hybridized carbons (Fsp3) is 0.229. The third-order valence-electron chi connectivity index (χ3n) is 14.7. The first-order valence-electron chi connectivity index (χ1n) is 26.8. The third-order valence-corrected chi connectivity index (χ3v) is 17.8. The van der Waals surface area contributed by atoms with Gasteiger partial charge in [-0.1, -0.05) is 123 Å². The normalized spacial score (nSPS) is 11.8. The molecule has 2 N–H and O–H groups in total. The summed E-state index contributed by atoms with van der Waals surface area (Å²) in [6.07, 6.45) is 0.672. The van der Waals surface area contributed by atoms with E-state index in [-0.39, 0.29) is 17.8 Å². The monoisotopic (exact) mass is 1070 g/mol. The molecule has 0 aliphatic carbocycles. The highest BCUT2D eigenvalue weighted by Crippen LogP contribution is 2.47. The van der Waals surface area contributed by atoms with Gasteiger partial charge in [0.15, 0.2) is 7.14 Å². The predicted octanol–water partition coefficient (Wildman–Crippen LogP) is 16.9. The van der Waals surface area contributed by atoms with Gasteiger partial charge in [-0.2, -0.15) is 0 Å². The topological polar surface area (TPSA) is 104 Å². The lowest BCUT2D eigenvalue weighted by atomic mass is 9.76. The van der Waals surface area contributed by atoms with Gasteiger partial charge < -0.3 is 38.5 Å². The number of aryl methyl sites for hydroxylation is 8. The number of ether oxygens (including phenoxy) is 5. The van der Waals surface area contributed by atoms with Crippen LogP contribution < -0.4 is 39.6 Å². The van der Waals surface area contributed by atoms with Gasteiger partial charge >= 0.3 is 0 Å². The minimum absolute atomic E-state index is 0.0141. The van der Waals surface area contributed by atoms with Gasteiger partial charge in [-0.25, -0.2) is 0 Å². The van der Waals surface area contributed by atoms with Gasteiger partial charge in [0.05, 0.1) is 5.30 Å². The molecule has 9 aromatic rings. The Kier molecular flexibility index (Phi) is 15.9. The van der Waals surface area contributed by atoms with Crippen molar-refractivity contribution in [3.05, 3.63) is 243 Å². The van der Waals surface area contributed by atoms with Crippen LogP contribution in [0.2, 0.25) is 0 Å². The molecule has 9 heteroatoms. The van der Waals surface area contributed by atoms with E-state index >= 15 is 4.57 Å². The van der Waals surface area contributed by atoms with Crippen LogP contribution in [0.3, 0.4) is 0 Å². The van der Waals surface area contributed by atoms with Crippen LogP contribution in [0, 0.1) is 55.4 Å². The van der Waals surface area contributed by atoms with Crippen molar-refractivity contribution < 1.29 is 38.5 Å². The standard InChI is InChI=1S/C70H71O8P/c1-44-37-59(38-45(2)65(44)72)76-66-46(3)33-54(34-47(66)4)70(11,12)55-35-48(5)67(49(6)36-55)77-60-39-50(7)68(51(8)40-60)78-69(9,10)42-52-23-28-57(29-24-52)75-58-30-25-53(26-31-58)43-74-63-32-27-56(71)41-64(63)79(73,61-19-15-13-16-20-61)62-21-17-14-18-22-62/h13-41,71-72H,42-43H2,1-12H3. The molecule has 0 fully saturated rings. The fourth-order valence-electron chi connectivity index (χ4n) is 10.5. The summed E-state index contributed by atoms with van der Waals surface area (Å²) < 4.78 is 47.7. The highest BCUT2D eigenvalue weighted by Gasteiger charge is 2.34. The molecule has 9 rings (SSSR count). The van der Waals surface area contributed by atoms with E-state index in [4.69, 9.17) is 23.7 Å². The maximum absolute atomic E-state index is 15.2. The molecule has 0 atom stereocenters. The molecular weight excluding hydrogens is 1000 g/mol. The molecule has 0 aromatic heterocycles. The molecule has 0 radical (unpaired) electrons. The second kappa shape index (κ2) is 22.6. The van der Waals surface area contributed by atoms with Crippen LogP contribution in [0.15, 0.2) is 176 Å². The number of phenolic OH excluding ortho intramolecular Hbond substituents is 2. The maximum atomic E-state index is 15.2. The molecular formula is C70H71O8P. The number of rotatable bonds is 18. The smallest absolute Gasteiger partial charge is 0.174 e. The summed E-state index contributed by atoms with van der Waals surface area (Å²) in [6.45, 7) is 25.3. The van der Waals surface area contributed by atoms with Crippen molar-refractivity contribution in [3.63, 3.8) is 0 Å². The van der Waals surface area contributed by atoms with Crippen LogP contribution in [-0.4, -0.2) is 15.8 Å². The van der Waals surface area contributed by atoms with E-state index < -0.39 is 12.7 Å². The van der Waals surface area contributed by atoms with E-state index in [2.05, 4.69) is 118 Å². The van der Waals surface area contributed by atoms with Crippen molar-refractivity contribution in [3.8, 4) is 57.5 Å². The summed E-state index contributed by atoms with van der Waals surface area (Å²) >= 11 is 0. The van der Waals surface area contributed by atoms with E-state index in [0.717, 1.165) is 78.6 Å². The van der Waals surface area contributed by atoms with E-state index in [1.807, 2.05) is 123 Å². The molecule has 0 aliphatic heterocycles. The zero-order valence-electron chi connectivity index (χ0n) is 47.4. The van der Waals surface area contributed by atoms with Gasteiger partial charge in [-0.05, 0) is 203 Å².